The standard InChI is InChI=1S/C24H20N2O4/c1-28-18-6-4-16(5-7-18)11-22-23(27)19-8-9-21-20(24(19)30-22)14-26(15-29-21)13-17-3-2-10-25-12-17/h2-12H,13-15H2,1H3/b22-11-. The van der Waals surface area contributed by atoms with E-state index in [-0.39, 0.29) is 5.78 Å². The van der Waals surface area contributed by atoms with Crippen LogP contribution in [0.25, 0.3) is 6.08 Å². The Kier molecular flexibility index (Phi) is 4.69. The van der Waals surface area contributed by atoms with Crippen LogP contribution in [-0.2, 0) is 13.1 Å². The molecule has 3 heterocycles. The van der Waals surface area contributed by atoms with Crippen molar-refractivity contribution in [3.63, 3.8) is 0 Å². The number of hydrogen-bond acceptors (Lipinski definition) is 6. The first-order chi connectivity index (χ1) is 14.7. The Morgan fingerprint density at radius 1 is 1.17 bits per heavy atom. The van der Waals surface area contributed by atoms with Crippen molar-refractivity contribution < 1.29 is 19.0 Å². The molecule has 150 valence electrons. The van der Waals surface area contributed by atoms with Crippen LogP contribution in [0.1, 0.15) is 27.0 Å². The molecule has 3 aromatic rings. The number of allylic oxidation sites excluding steroid dienone is 1. The quantitative estimate of drug-likeness (QED) is 0.616. The van der Waals surface area contributed by atoms with E-state index in [1.165, 1.54) is 0 Å². The van der Waals surface area contributed by atoms with Gasteiger partial charge in [0.2, 0.25) is 5.78 Å². The van der Waals surface area contributed by atoms with Crippen LogP contribution < -0.4 is 14.2 Å². The number of carbonyl (C=O) groups is 1. The Morgan fingerprint density at radius 2 is 2.03 bits per heavy atom. The number of carbonyl (C=O) groups excluding carboxylic acids is 1. The number of fused-ring (bicyclic) bond motifs is 3. The zero-order valence-corrected chi connectivity index (χ0v) is 16.5. The number of pyridine rings is 1. The lowest BCUT2D eigenvalue weighted by molar-refractivity contribution is 0.0872. The van der Waals surface area contributed by atoms with Crippen molar-refractivity contribution in [1.82, 2.24) is 9.88 Å². The molecular weight excluding hydrogens is 380 g/mol. The highest BCUT2D eigenvalue weighted by Gasteiger charge is 2.33. The van der Waals surface area contributed by atoms with Gasteiger partial charge in [0.05, 0.1) is 18.2 Å². The number of benzene rings is 2. The number of methoxy groups -OCH3 is 1. The van der Waals surface area contributed by atoms with E-state index in [4.69, 9.17) is 14.2 Å². The molecule has 1 aromatic heterocycles. The Hall–Kier alpha value is -3.64. The zero-order valence-electron chi connectivity index (χ0n) is 16.5. The van der Waals surface area contributed by atoms with Crippen LogP contribution in [0.3, 0.4) is 0 Å². The summed E-state index contributed by atoms with van der Waals surface area (Å²) >= 11 is 0. The van der Waals surface area contributed by atoms with Crippen LogP contribution in [-0.4, -0.2) is 29.5 Å². The van der Waals surface area contributed by atoms with E-state index in [9.17, 15) is 4.79 Å². The average molecular weight is 400 g/mol. The largest absolute Gasteiger partial charge is 0.497 e. The summed E-state index contributed by atoms with van der Waals surface area (Å²) in [5.41, 5.74) is 3.44. The Morgan fingerprint density at radius 3 is 2.80 bits per heavy atom. The van der Waals surface area contributed by atoms with Crippen molar-refractivity contribution in [3.8, 4) is 17.2 Å². The van der Waals surface area contributed by atoms with Gasteiger partial charge in [-0.05, 0) is 47.5 Å². The number of rotatable bonds is 4. The molecule has 0 aliphatic carbocycles. The predicted octanol–water partition coefficient (Wildman–Crippen LogP) is 4.06. The molecule has 0 N–H and O–H groups in total. The van der Waals surface area contributed by atoms with Gasteiger partial charge in [-0.2, -0.15) is 0 Å². The van der Waals surface area contributed by atoms with Crippen molar-refractivity contribution >= 4 is 11.9 Å². The molecule has 2 aromatic carbocycles. The molecule has 0 bridgehead atoms. The highest BCUT2D eigenvalue weighted by Crippen LogP contribution is 2.42. The van der Waals surface area contributed by atoms with Gasteiger partial charge < -0.3 is 14.2 Å². The summed E-state index contributed by atoms with van der Waals surface area (Å²) in [6.45, 7) is 1.82. The summed E-state index contributed by atoms with van der Waals surface area (Å²) in [5, 5.41) is 0. The van der Waals surface area contributed by atoms with Gasteiger partial charge in [0.15, 0.2) is 5.76 Å². The van der Waals surface area contributed by atoms with Crippen molar-refractivity contribution in [1.29, 1.82) is 0 Å². The maximum absolute atomic E-state index is 12.9. The fourth-order valence-corrected chi connectivity index (χ4v) is 3.71. The molecular formula is C24H20N2O4. The number of Topliss-reactive ketones (excluding diaryl/α,β-unsaturated/α-hetero) is 1. The first-order valence-corrected chi connectivity index (χ1v) is 9.69. The second-order valence-corrected chi connectivity index (χ2v) is 7.25. The molecule has 0 fully saturated rings. The molecule has 2 aliphatic heterocycles. The molecule has 0 amide bonds. The van der Waals surface area contributed by atoms with Gasteiger partial charge in [0.25, 0.3) is 0 Å². The smallest absolute Gasteiger partial charge is 0.231 e. The van der Waals surface area contributed by atoms with Crippen molar-refractivity contribution in [2.45, 2.75) is 13.1 Å². The summed E-state index contributed by atoms with van der Waals surface area (Å²) in [6, 6.07) is 15.1. The Labute approximate surface area is 174 Å². The lowest BCUT2D eigenvalue weighted by Crippen LogP contribution is -2.31. The minimum atomic E-state index is -0.118. The number of aromatic nitrogens is 1. The number of ketones is 1. The fraction of sp³-hybridized carbons (Fsp3) is 0.167. The van der Waals surface area contributed by atoms with Gasteiger partial charge in [0.1, 0.15) is 24.0 Å². The van der Waals surface area contributed by atoms with Gasteiger partial charge >= 0.3 is 0 Å². The van der Waals surface area contributed by atoms with Crippen molar-refractivity contribution in [2.75, 3.05) is 13.8 Å². The lowest BCUT2D eigenvalue weighted by Gasteiger charge is -2.29. The monoisotopic (exact) mass is 400 g/mol. The van der Waals surface area contributed by atoms with Gasteiger partial charge in [-0.3, -0.25) is 14.7 Å². The third kappa shape index (κ3) is 3.42. The van der Waals surface area contributed by atoms with Gasteiger partial charge in [-0.25, -0.2) is 0 Å². The topological polar surface area (TPSA) is 60.9 Å². The molecule has 0 spiro atoms. The minimum Gasteiger partial charge on any atom is -0.497 e. The fourth-order valence-electron chi connectivity index (χ4n) is 3.71. The van der Waals surface area contributed by atoms with E-state index in [1.54, 1.807) is 25.4 Å². The van der Waals surface area contributed by atoms with Crippen molar-refractivity contribution in [2.24, 2.45) is 0 Å². The van der Waals surface area contributed by atoms with Crippen LogP contribution in [0.5, 0.6) is 17.2 Å². The second kappa shape index (κ2) is 7.65. The molecule has 0 unspecified atom stereocenters. The molecule has 30 heavy (non-hydrogen) atoms. The van der Waals surface area contributed by atoms with E-state index in [0.29, 0.717) is 36.9 Å². The summed E-state index contributed by atoms with van der Waals surface area (Å²) in [5.74, 6) is 2.31. The number of ether oxygens (including phenoxy) is 3. The number of nitrogens with zero attached hydrogens (tertiary/aromatic N) is 2. The summed E-state index contributed by atoms with van der Waals surface area (Å²) < 4.78 is 17.2. The second-order valence-electron chi connectivity index (χ2n) is 7.25. The normalized spacial score (nSPS) is 16.6. The lowest BCUT2D eigenvalue weighted by atomic mass is 10.0. The van der Waals surface area contributed by atoms with E-state index in [0.717, 1.165) is 28.2 Å². The molecule has 0 atom stereocenters. The maximum Gasteiger partial charge on any atom is 0.231 e. The number of hydrogen-bond donors (Lipinski definition) is 0. The molecule has 0 saturated heterocycles. The predicted molar refractivity (Wildman–Crippen MR) is 111 cm³/mol. The molecule has 2 aliphatic rings. The van der Waals surface area contributed by atoms with Crippen molar-refractivity contribution in [3.05, 3.63) is 88.9 Å². The summed E-state index contributed by atoms with van der Waals surface area (Å²) in [4.78, 5) is 19.2. The van der Waals surface area contributed by atoms with Crippen LogP contribution in [0.4, 0.5) is 0 Å². The van der Waals surface area contributed by atoms with Crippen LogP contribution in [0.15, 0.2) is 66.7 Å². The van der Waals surface area contributed by atoms with Gasteiger partial charge in [-0.15, -0.1) is 0 Å². The van der Waals surface area contributed by atoms with Crippen LogP contribution in [0, 0.1) is 0 Å². The summed E-state index contributed by atoms with van der Waals surface area (Å²) in [6.07, 6.45) is 5.36. The molecule has 6 nitrogen and oxygen atoms in total. The Balaban J connectivity index is 1.41. The summed E-state index contributed by atoms with van der Waals surface area (Å²) in [7, 11) is 1.62. The Bertz CT molecular complexity index is 1120. The van der Waals surface area contributed by atoms with Gasteiger partial charge in [-0.1, -0.05) is 18.2 Å². The van der Waals surface area contributed by atoms with E-state index in [2.05, 4.69) is 9.88 Å². The zero-order chi connectivity index (χ0) is 20.5. The molecule has 0 radical (unpaired) electrons. The third-order valence-electron chi connectivity index (χ3n) is 5.22. The van der Waals surface area contributed by atoms with E-state index < -0.39 is 0 Å². The third-order valence-corrected chi connectivity index (χ3v) is 5.22. The molecule has 6 heteroatoms. The average Bonchev–Trinajstić information content (AvgIpc) is 3.11. The maximum atomic E-state index is 12.9. The highest BCUT2D eigenvalue weighted by atomic mass is 16.5. The van der Waals surface area contributed by atoms with Gasteiger partial charge in [0, 0.05) is 25.5 Å². The highest BCUT2D eigenvalue weighted by molar-refractivity contribution is 6.15. The van der Waals surface area contributed by atoms with E-state index >= 15 is 0 Å². The van der Waals surface area contributed by atoms with Crippen LogP contribution in [0.2, 0.25) is 0 Å². The molecule has 5 rings (SSSR count). The van der Waals surface area contributed by atoms with E-state index in [1.807, 2.05) is 48.7 Å². The van der Waals surface area contributed by atoms with Crippen LogP contribution >= 0.6 is 0 Å². The SMILES string of the molecule is COc1ccc(/C=C2\Oc3c(ccc4c3CN(Cc3cccnc3)CO4)C2=O)cc1. The molecule has 0 saturated carbocycles. The minimum absolute atomic E-state index is 0.118. The first kappa shape index (κ1) is 18.4. The first-order valence-electron chi connectivity index (χ1n) is 9.69.